The minimum absolute atomic E-state index is 0.0996. The summed E-state index contributed by atoms with van der Waals surface area (Å²) in [5, 5.41) is 9.08. The number of Topliss-reactive ketones (excluding diaryl/α,β-unsaturated/α-hetero) is 1. The first-order chi connectivity index (χ1) is 6.60. The number of nitriles is 1. The van der Waals surface area contributed by atoms with Crippen LogP contribution < -0.4 is 0 Å². The van der Waals surface area contributed by atoms with Gasteiger partial charge in [0, 0.05) is 10.6 Å². The van der Waals surface area contributed by atoms with Gasteiger partial charge in [-0.2, -0.15) is 5.26 Å². The Bertz CT molecular complexity index is 423. The third-order valence-corrected chi connectivity index (χ3v) is 2.45. The van der Waals surface area contributed by atoms with Crippen LogP contribution in [0, 0.1) is 11.3 Å². The average molecular weight is 248 g/mol. The van der Waals surface area contributed by atoms with E-state index in [2.05, 4.69) is 0 Å². The van der Waals surface area contributed by atoms with Crippen LogP contribution in [-0.2, 0) is 0 Å². The van der Waals surface area contributed by atoms with E-state index < -0.39 is 0 Å². The molecule has 0 heterocycles. The summed E-state index contributed by atoms with van der Waals surface area (Å²) in [4.78, 5) is 11.3. The Balaban J connectivity index is 3.38. The lowest BCUT2D eigenvalue weighted by Gasteiger charge is -2.03. The fourth-order valence-corrected chi connectivity index (χ4v) is 1.56. The number of rotatable bonds is 2. The SMILES string of the molecule is N#Cc1cc(Cl)cc(C(=O)CCl)c1Cl. The van der Waals surface area contributed by atoms with Gasteiger partial charge in [-0.05, 0) is 12.1 Å². The molecule has 2 nitrogen and oxygen atoms in total. The Hall–Kier alpha value is -0.750. The summed E-state index contributed by atoms with van der Waals surface area (Å²) in [6.45, 7) is 0. The number of carbonyl (C=O) groups is 1. The van der Waals surface area contributed by atoms with E-state index >= 15 is 0 Å². The lowest BCUT2D eigenvalue weighted by atomic mass is 10.1. The summed E-state index contributed by atoms with van der Waals surface area (Å²) in [7, 11) is 0. The molecule has 0 N–H and O–H groups in total. The van der Waals surface area contributed by atoms with Gasteiger partial charge in [0.15, 0.2) is 5.78 Å². The van der Waals surface area contributed by atoms with E-state index in [1.54, 1.807) is 0 Å². The van der Waals surface area contributed by atoms with Crippen LogP contribution >= 0.6 is 34.8 Å². The molecule has 5 heteroatoms. The first-order valence-electron chi connectivity index (χ1n) is 3.58. The molecule has 14 heavy (non-hydrogen) atoms. The van der Waals surface area contributed by atoms with Crippen LogP contribution in [0.5, 0.6) is 0 Å². The highest BCUT2D eigenvalue weighted by molar-refractivity contribution is 6.39. The second kappa shape index (κ2) is 4.65. The van der Waals surface area contributed by atoms with Crippen LogP contribution in [0.2, 0.25) is 10.0 Å². The van der Waals surface area contributed by atoms with Crippen molar-refractivity contribution in [2.45, 2.75) is 0 Å². The molecule has 0 aliphatic carbocycles. The maximum atomic E-state index is 11.3. The van der Waals surface area contributed by atoms with Crippen molar-refractivity contribution in [3.05, 3.63) is 33.3 Å². The highest BCUT2D eigenvalue weighted by Crippen LogP contribution is 2.25. The molecule has 1 rings (SSSR count). The van der Waals surface area contributed by atoms with Crippen molar-refractivity contribution < 1.29 is 4.79 Å². The molecule has 0 bridgehead atoms. The average Bonchev–Trinajstić information content (AvgIpc) is 2.19. The summed E-state index contributed by atoms with van der Waals surface area (Å²) >= 11 is 16.9. The molecule has 0 aromatic heterocycles. The van der Waals surface area contributed by atoms with Crippen molar-refractivity contribution in [2.75, 3.05) is 5.88 Å². The van der Waals surface area contributed by atoms with E-state index in [-0.39, 0.29) is 27.8 Å². The van der Waals surface area contributed by atoms with E-state index in [1.807, 2.05) is 6.07 Å². The lowest BCUT2D eigenvalue weighted by Crippen LogP contribution is -2.02. The van der Waals surface area contributed by atoms with Crippen molar-refractivity contribution >= 4 is 40.6 Å². The van der Waals surface area contributed by atoms with Gasteiger partial charge in [-0.1, -0.05) is 23.2 Å². The normalized spacial score (nSPS) is 9.57. The number of ketones is 1. The van der Waals surface area contributed by atoms with Crippen LogP contribution in [0.25, 0.3) is 0 Å². The van der Waals surface area contributed by atoms with Crippen molar-refractivity contribution in [2.24, 2.45) is 0 Å². The zero-order valence-electron chi connectivity index (χ0n) is 6.85. The van der Waals surface area contributed by atoms with Crippen LogP contribution in [0.1, 0.15) is 15.9 Å². The van der Waals surface area contributed by atoms with E-state index in [4.69, 9.17) is 40.1 Å². The summed E-state index contributed by atoms with van der Waals surface area (Å²) in [6, 6.07) is 4.64. The number of alkyl halides is 1. The number of halogens is 3. The number of hydrogen-bond donors (Lipinski definition) is 0. The summed E-state index contributed by atoms with van der Waals surface area (Å²) in [5.74, 6) is -0.541. The van der Waals surface area contributed by atoms with Crippen molar-refractivity contribution in [1.82, 2.24) is 0 Å². The molecule has 0 aliphatic rings. The van der Waals surface area contributed by atoms with Gasteiger partial charge in [0.2, 0.25) is 0 Å². The fraction of sp³-hybridized carbons (Fsp3) is 0.111. The minimum Gasteiger partial charge on any atom is -0.293 e. The molecule has 0 atom stereocenters. The third-order valence-electron chi connectivity index (χ3n) is 1.58. The zero-order chi connectivity index (χ0) is 10.7. The molecule has 1 aromatic carbocycles. The first-order valence-corrected chi connectivity index (χ1v) is 4.87. The summed E-state index contributed by atoms with van der Waals surface area (Å²) in [5.41, 5.74) is 0.360. The van der Waals surface area contributed by atoms with Crippen molar-refractivity contribution in [3.63, 3.8) is 0 Å². The van der Waals surface area contributed by atoms with Gasteiger partial charge < -0.3 is 0 Å². The van der Waals surface area contributed by atoms with E-state index in [9.17, 15) is 4.79 Å². The molecule has 72 valence electrons. The first kappa shape index (κ1) is 11.3. The van der Waals surface area contributed by atoms with Gasteiger partial charge in [-0.15, -0.1) is 11.6 Å². The van der Waals surface area contributed by atoms with Crippen molar-refractivity contribution in [1.29, 1.82) is 5.26 Å². The number of carbonyl (C=O) groups excluding carboxylic acids is 1. The van der Waals surface area contributed by atoms with Gasteiger partial charge >= 0.3 is 0 Å². The molecule has 0 fully saturated rings. The Morgan fingerprint density at radius 2 is 2.07 bits per heavy atom. The molecule has 1 aromatic rings. The van der Waals surface area contributed by atoms with E-state index in [1.165, 1.54) is 12.1 Å². The maximum absolute atomic E-state index is 11.3. The van der Waals surface area contributed by atoms with Gasteiger partial charge in [-0.25, -0.2) is 0 Å². The number of hydrogen-bond acceptors (Lipinski definition) is 2. The van der Waals surface area contributed by atoms with Gasteiger partial charge in [0.1, 0.15) is 6.07 Å². The van der Waals surface area contributed by atoms with Gasteiger partial charge in [-0.3, -0.25) is 4.79 Å². The monoisotopic (exact) mass is 247 g/mol. The fourth-order valence-electron chi connectivity index (χ4n) is 0.945. The van der Waals surface area contributed by atoms with E-state index in [0.717, 1.165) is 0 Å². The number of benzene rings is 1. The molecular formula is C9H4Cl3NO. The van der Waals surface area contributed by atoms with Crippen LogP contribution in [0.3, 0.4) is 0 Å². The Morgan fingerprint density at radius 3 is 2.57 bits per heavy atom. The molecule has 0 saturated carbocycles. The zero-order valence-corrected chi connectivity index (χ0v) is 9.12. The highest BCUT2D eigenvalue weighted by atomic mass is 35.5. The Kier molecular flexibility index (Phi) is 3.77. The molecule has 0 unspecified atom stereocenters. The largest absolute Gasteiger partial charge is 0.293 e. The topological polar surface area (TPSA) is 40.9 Å². The lowest BCUT2D eigenvalue weighted by molar-refractivity contribution is 0.102. The quantitative estimate of drug-likeness (QED) is 0.595. The molecule has 0 radical (unpaired) electrons. The molecule has 0 spiro atoms. The van der Waals surface area contributed by atoms with Gasteiger partial charge in [0.25, 0.3) is 0 Å². The highest BCUT2D eigenvalue weighted by Gasteiger charge is 2.13. The van der Waals surface area contributed by atoms with Gasteiger partial charge in [0.05, 0.1) is 16.5 Å². The Labute approximate surface area is 96.0 Å². The summed E-state index contributed by atoms with van der Waals surface area (Å²) in [6.07, 6.45) is 0. The van der Waals surface area contributed by atoms with Crippen LogP contribution in [0.15, 0.2) is 12.1 Å². The summed E-state index contributed by atoms with van der Waals surface area (Å²) < 4.78 is 0. The van der Waals surface area contributed by atoms with Crippen LogP contribution in [0.4, 0.5) is 0 Å². The molecular weight excluding hydrogens is 244 g/mol. The second-order valence-electron chi connectivity index (χ2n) is 2.48. The predicted molar refractivity (Wildman–Crippen MR) is 56.2 cm³/mol. The number of nitrogens with zero attached hydrogens (tertiary/aromatic N) is 1. The smallest absolute Gasteiger partial charge is 0.179 e. The molecule has 0 saturated heterocycles. The third kappa shape index (κ3) is 2.19. The maximum Gasteiger partial charge on any atom is 0.179 e. The van der Waals surface area contributed by atoms with Crippen LogP contribution in [-0.4, -0.2) is 11.7 Å². The standard InChI is InChI=1S/C9H4Cl3NO/c10-3-8(14)7-2-6(11)1-5(4-13)9(7)12/h1-2H,3H2. The van der Waals surface area contributed by atoms with E-state index in [0.29, 0.717) is 5.02 Å². The Morgan fingerprint density at radius 1 is 1.43 bits per heavy atom. The second-order valence-corrected chi connectivity index (χ2v) is 3.57. The van der Waals surface area contributed by atoms with Crippen molar-refractivity contribution in [3.8, 4) is 6.07 Å². The predicted octanol–water partition coefficient (Wildman–Crippen LogP) is 3.29. The molecule has 0 amide bonds. The minimum atomic E-state index is -0.351. The molecule has 0 aliphatic heterocycles.